The molecule has 2 nitrogen and oxygen atoms in total. The van der Waals surface area contributed by atoms with Crippen molar-refractivity contribution >= 4 is 40.1 Å². The average Bonchev–Trinajstić information content (AvgIpc) is 2.40. The van der Waals surface area contributed by atoms with E-state index in [2.05, 4.69) is 5.32 Å². The van der Waals surface area contributed by atoms with Crippen LogP contribution in [-0.2, 0) is 0 Å². The lowest BCUT2D eigenvalue weighted by molar-refractivity contribution is 1.58. The summed E-state index contributed by atoms with van der Waals surface area (Å²) < 4.78 is 0. The SMILES string of the molecule is NC(=S)c1cccc(NC(=S)c2ccccc2)c1. The van der Waals surface area contributed by atoms with Crippen LogP contribution in [0, 0.1) is 0 Å². The Morgan fingerprint density at radius 1 is 0.889 bits per heavy atom. The minimum absolute atomic E-state index is 0.379. The van der Waals surface area contributed by atoms with Crippen LogP contribution in [0.4, 0.5) is 5.69 Å². The third kappa shape index (κ3) is 3.12. The predicted octanol–water partition coefficient (Wildman–Crippen LogP) is 3.11. The summed E-state index contributed by atoms with van der Waals surface area (Å²) in [6.07, 6.45) is 0. The van der Waals surface area contributed by atoms with Crippen LogP contribution in [0.2, 0.25) is 0 Å². The molecule has 0 bridgehead atoms. The molecule has 0 unspecified atom stereocenters. The molecule has 0 aliphatic carbocycles. The van der Waals surface area contributed by atoms with Gasteiger partial charge in [0.25, 0.3) is 0 Å². The second-order valence-corrected chi connectivity index (χ2v) is 4.61. The number of hydrogen-bond donors (Lipinski definition) is 2. The smallest absolute Gasteiger partial charge is 0.110 e. The van der Waals surface area contributed by atoms with E-state index in [1.54, 1.807) is 0 Å². The molecule has 90 valence electrons. The van der Waals surface area contributed by atoms with E-state index in [0.717, 1.165) is 16.8 Å². The third-order valence-electron chi connectivity index (χ3n) is 2.44. The van der Waals surface area contributed by atoms with Gasteiger partial charge in [-0.15, -0.1) is 0 Å². The minimum Gasteiger partial charge on any atom is -0.389 e. The molecule has 0 fully saturated rings. The van der Waals surface area contributed by atoms with E-state index < -0.39 is 0 Å². The number of anilines is 1. The molecule has 0 saturated carbocycles. The first kappa shape index (κ1) is 12.7. The quantitative estimate of drug-likeness (QED) is 0.842. The topological polar surface area (TPSA) is 38.0 Å². The Morgan fingerprint density at radius 2 is 1.56 bits per heavy atom. The number of rotatable bonds is 3. The lowest BCUT2D eigenvalue weighted by Crippen LogP contribution is -2.12. The maximum Gasteiger partial charge on any atom is 0.110 e. The van der Waals surface area contributed by atoms with E-state index in [1.807, 2.05) is 54.6 Å². The Bertz CT molecular complexity index is 579. The van der Waals surface area contributed by atoms with Crippen LogP contribution >= 0.6 is 24.4 Å². The molecular formula is C14H12N2S2. The van der Waals surface area contributed by atoms with E-state index in [1.165, 1.54) is 0 Å². The molecule has 2 aromatic carbocycles. The van der Waals surface area contributed by atoms with Gasteiger partial charge in [-0.05, 0) is 12.1 Å². The average molecular weight is 272 g/mol. The largest absolute Gasteiger partial charge is 0.389 e. The van der Waals surface area contributed by atoms with Crippen molar-refractivity contribution in [3.63, 3.8) is 0 Å². The molecule has 3 N–H and O–H groups in total. The van der Waals surface area contributed by atoms with Gasteiger partial charge in [0.2, 0.25) is 0 Å². The van der Waals surface area contributed by atoms with Crippen molar-refractivity contribution in [1.82, 2.24) is 0 Å². The van der Waals surface area contributed by atoms with Gasteiger partial charge in [0.15, 0.2) is 0 Å². The molecule has 0 aliphatic rings. The number of nitrogens with two attached hydrogens (primary N) is 1. The van der Waals surface area contributed by atoms with Crippen LogP contribution < -0.4 is 11.1 Å². The summed E-state index contributed by atoms with van der Waals surface area (Å²) in [6.45, 7) is 0. The van der Waals surface area contributed by atoms with Crippen molar-refractivity contribution in [2.24, 2.45) is 5.73 Å². The number of nitrogens with one attached hydrogen (secondary N) is 1. The highest BCUT2D eigenvalue weighted by atomic mass is 32.1. The highest BCUT2D eigenvalue weighted by Crippen LogP contribution is 2.12. The van der Waals surface area contributed by atoms with E-state index in [-0.39, 0.29) is 0 Å². The summed E-state index contributed by atoms with van der Waals surface area (Å²) in [5, 5.41) is 3.17. The number of thiocarbonyl (C=S) groups is 2. The van der Waals surface area contributed by atoms with Gasteiger partial charge in [-0.3, -0.25) is 0 Å². The van der Waals surface area contributed by atoms with Gasteiger partial charge in [-0.2, -0.15) is 0 Å². The summed E-state index contributed by atoms with van der Waals surface area (Å²) >= 11 is 10.3. The van der Waals surface area contributed by atoms with Crippen LogP contribution in [-0.4, -0.2) is 9.98 Å². The molecule has 2 rings (SSSR count). The Labute approximate surface area is 117 Å². The molecule has 0 saturated heterocycles. The van der Waals surface area contributed by atoms with Crippen molar-refractivity contribution in [3.8, 4) is 0 Å². The zero-order valence-electron chi connectivity index (χ0n) is 9.59. The Kier molecular flexibility index (Phi) is 4.02. The zero-order valence-corrected chi connectivity index (χ0v) is 11.2. The first-order valence-electron chi connectivity index (χ1n) is 5.43. The molecule has 4 heteroatoms. The fraction of sp³-hybridized carbons (Fsp3) is 0. The molecule has 2 aromatic rings. The molecular weight excluding hydrogens is 260 g/mol. The van der Waals surface area contributed by atoms with Gasteiger partial charge in [0.05, 0.1) is 0 Å². The normalized spacial score (nSPS) is 9.78. The van der Waals surface area contributed by atoms with Crippen molar-refractivity contribution in [1.29, 1.82) is 0 Å². The van der Waals surface area contributed by atoms with E-state index >= 15 is 0 Å². The molecule has 0 amide bonds. The Morgan fingerprint density at radius 3 is 2.22 bits per heavy atom. The highest BCUT2D eigenvalue weighted by Gasteiger charge is 2.02. The standard InChI is InChI=1S/C14H12N2S2/c15-13(17)11-7-4-8-12(9-11)16-14(18)10-5-2-1-3-6-10/h1-9H,(H2,15,17)(H,16,18). The van der Waals surface area contributed by atoms with Gasteiger partial charge in [-0.25, -0.2) is 0 Å². The zero-order chi connectivity index (χ0) is 13.0. The Hall–Kier alpha value is -1.78. The van der Waals surface area contributed by atoms with Crippen LogP contribution in [0.25, 0.3) is 0 Å². The van der Waals surface area contributed by atoms with Crippen LogP contribution in [0.5, 0.6) is 0 Å². The second kappa shape index (κ2) is 5.71. The monoisotopic (exact) mass is 272 g/mol. The maximum atomic E-state index is 5.60. The minimum atomic E-state index is 0.379. The molecule has 18 heavy (non-hydrogen) atoms. The second-order valence-electron chi connectivity index (χ2n) is 3.77. The Balaban J connectivity index is 2.17. The summed E-state index contributed by atoms with van der Waals surface area (Å²) in [7, 11) is 0. The van der Waals surface area contributed by atoms with Gasteiger partial charge in [0, 0.05) is 16.8 Å². The van der Waals surface area contributed by atoms with E-state index in [0.29, 0.717) is 9.98 Å². The maximum absolute atomic E-state index is 5.60. The molecule has 0 aliphatic heterocycles. The number of benzene rings is 2. The highest BCUT2D eigenvalue weighted by molar-refractivity contribution is 7.81. The summed E-state index contributed by atoms with van der Waals surface area (Å²) in [4.78, 5) is 1.06. The number of hydrogen-bond acceptors (Lipinski definition) is 2. The summed E-state index contributed by atoms with van der Waals surface area (Å²) in [5.41, 5.74) is 8.28. The molecule has 0 atom stereocenters. The fourth-order valence-electron chi connectivity index (χ4n) is 1.54. The van der Waals surface area contributed by atoms with Crippen LogP contribution in [0.15, 0.2) is 54.6 Å². The lowest BCUT2D eigenvalue weighted by Gasteiger charge is -2.09. The van der Waals surface area contributed by atoms with Crippen molar-refractivity contribution in [3.05, 3.63) is 65.7 Å². The first-order valence-corrected chi connectivity index (χ1v) is 6.25. The van der Waals surface area contributed by atoms with Crippen molar-refractivity contribution < 1.29 is 0 Å². The van der Waals surface area contributed by atoms with Gasteiger partial charge >= 0.3 is 0 Å². The first-order chi connectivity index (χ1) is 8.66. The van der Waals surface area contributed by atoms with Crippen LogP contribution in [0.3, 0.4) is 0 Å². The third-order valence-corrected chi connectivity index (χ3v) is 3.01. The predicted molar refractivity (Wildman–Crippen MR) is 84.1 cm³/mol. The molecule has 0 radical (unpaired) electrons. The van der Waals surface area contributed by atoms with Crippen LogP contribution in [0.1, 0.15) is 11.1 Å². The summed E-state index contributed by atoms with van der Waals surface area (Å²) in [5.74, 6) is 0. The van der Waals surface area contributed by atoms with Gasteiger partial charge < -0.3 is 11.1 Å². The molecule has 0 spiro atoms. The molecule has 0 aromatic heterocycles. The van der Waals surface area contributed by atoms with Gasteiger partial charge in [-0.1, -0.05) is 66.9 Å². The van der Waals surface area contributed by atoms with E-state index in [4.69, 9.17) is 30.2 Å². The van der Waals surface area contributed by atoms with E-state index in [9.17, 15) is 0 Å². The van der Waals surface area contributed by atoms with Crippen molar-refractivity contribution in [2.45, 2.75) is 0 Å². The fourth-order valence-corrected chi connectivity index (χ4v) is 1.92. The van der Waals surface area contributed by atoms with Crippen molar-refractivity contribution in [2.75, 3.05) is 5.32 Å². The van der Waals surface area contributed by atoms with Gasteiger partial charge in [0.1, 0.15) is 9.98 Å². The molecule has 0 heterocycles. The lowest BCUT2D eigenvalue weighted by atomic mass is 10.2. The summed E-state index contributed by atoms with van der Waals surface area (Å²) in [6, 6.07) is 17.4.